The molecule has 0 radical (unpaired) electrons. The number of hydrogen-bond acceptors (Lipinski definition) is 3. The van der Waals surface area contributed by atoms with Crippen molar-refractivity contribution in [3.8, 4) is 0 Å². The molecule has 1 amide bonds. The molecular weight excluding hydrogens is 394 g/mol. The summed E-state index contributed by atoms with van der Waals surface area (Å²) < 4.78 is 0. The molecule has 4 rings (SSSR count). The summed E-state index contributed by atoms with van der Waals surface area (Å²) in [6.07, 6.45) is 2.12. The van der Waals surface area contributed by atoms with E-state index in [-0.39, 0.29) is 18.0 Å². The van der Waals surface area contributed by atoms with Crippen LogP contribution in [-0.2, 0) is 4.79 Å². The second kappa shape index (κ2) is 8.67. The maximum atomic E-state index is 12.5. The van der Waals surface area contributed by atoms with Crippen molar-refractivity contribution in [1.82, 2.24) is 20.2 Å². The molecule has 0 spiro atoms. The van der Waals surface area contributed by atoms with Crippen LogP contribution in [0.4, 0.5) is 5.69 Å². The summed E-state index contributed by atoms with van der Waals surface area (Å²) in [5, 5.41) is 6.99. The quantitative estimate of drug-likeness (QED) is 0.526. The molecule has 1 aromatic carbocycles. The molecule has 1 aliphatic rings. The minimum atomic E-state index is -0.0862. The third kappa shape index (κ3) is 4.36. The molecule has 7 heteroatoms. The second-order valence-electron chi connectivity index (χ2n) is 7.58. The van der Waals surface area contributed by atoms with E-state index < -0.39 is 0 Å². The zero-order valence-corrected chi connectivity index (χ0v) is 17.9. The summed E-state index contributed by atoms with van der Waals surface area (Å²) in [5.41, 5.74) is 5.01. The Hall–Kier alpha value is -3.19. The molecule has 1 saturated heterocycles. The smallest absolute Gasteiger partial charge is 0.226 e. The van der Waals surface area contributed by atoms with Crippen LogP contribution in [0.1, 0.15) is 41.1 Å². The summed E-state index contributed by atoms with van der Waals surface area (Å²) in [5.74, 6) is -0.0376. The Bertz CT molecular complexity index is 1030. The third-order valence-electron chi connectivity index (χ3n) is 5.29. The molecule has 3 heterocycles. The SMILES string of the molecule is Cc1ccc(NC(=O)CCN2C(=S)N[C@H](c3ccccn3)[C@@H]2c2ccc(C)[nH]2)cc1. The first-order chi connectivity index (χ1) is 14.5. The Morgan fingerprint density at radius 3 is 2.60 bits per heavy atom. The lowest BCUT2D eigenvalue weighted by molar-refractivity contribution is -0.116. The number of aromatic nitrogens is 2. The van der Waals surface area contributed by atoms with Crippen molar-refractivity contribution in [1.29, 1.82) is 0 Å². The molecule has 2 atom stereocenters. The lowest BCUT2D eigenvalue weighted by Gasteiger charge is -2.26. The van der Waals surface area contributed by atoms with Crippen LogP contribution < -0.4 is 10.6 Å². The molecular formula is C23H25N5OS. The predicted octanol–water partition coefficient (Wildman–Crippen LogP) is 4.03. The van der Waals surface area contributed by atoms with Crippen LogP contribution in [0.15, 0.2) is 60.8 Å². The van der Waals surface area contributed by atoms with Crippen molar-refractivity contribution in [3.05, 3.63) is 83.4 Å². The van der Waals surface area contributed by atoms with Crippen LogP contribution in [0.5, 0.6) is 0 Å². The largest absolute Gasteiger partial charge is 0.361 e. The van der Waals surface area contributed by atoms with E-state index in [4.69, 9.17) is 12.2 Å². The first-order valence-electron chi connectivity index (χ1n) is 10.0. The molecule has 154 valence electrons. The van der Waals surface area contributed by atoms with E-state index in [0.717, 1.165) is 28.3 Å². The first-order valence-corrected chi connectivity index (χ1v) is 10.4. The van der Waals surface area contributed by atoms with Crippen molar-refractivity contribution in [2.24, 2.45) is 0 Å². The summed E-state index contributed by atoms with van der Waals surface area (Å²) in [7, 11) is 0. The number of nitrogens with zero attached hydrogens (tertiary/aromatic N) is 2. The van der Waals surface area contributed by atoms with Crippen LogP contribution in [0, 0.1) is 13.8 Å². The molecule has 30 heavy (non-hydrogen) atoms. The maximum Gasteiger partial charge on any atom is 0.226 e. The van der Waals surface area contributed by atoms with E-state index >= 15 is 0 Å². The van der Waals surface area contributed by atoms with E-state index in [1.54, 1.807) is 6.20 Å². The number of pyridine rings is 1. The van der Waals surface area contributed by atoms with E-state index in [0.29, 0.717) is 18.1 Å². The number of aryl methyl sites for hydroxylation is 2. The number of amides is 1. The fraction of sp³-hybridized carbons (Fsp3) is 0.261. The average Bonchev–Trinajstić information content (AvgIpc) is 3.31. The Labute approximate surface area is 181 Å². The molecule has 6 nitrogen and oxygen atoms in total. The summed E-state index contributed by atoms with van der Waals surface area (Å²) in [6.45, 7) is 4.56. The lowest BCUT2D eigenvalue weighted by Crippen LogP contribution is -2.32. The van der Waals surface area contributed by atoms with Gasteiger partial charge in [-0.2, -0.15) is 0 Å². The molecule has 2 aromatic heterocycles. The molecule has 1 fully saturated rings. The zero-order valence-electron chi connectivity index (χ0n) is 17.1. The summed E-state index contributed by atoms with van der Waals surface area (Å²) in [6, 6.07) is 17.6. The summed E-state index contributed by atoms with van der Waals surface area (Å²) in [4.78, 5) is 22.6. The molecule has 3 N–H and O–H groups in total. The normalized spacial score (nSPS) is 18.3. The van der Waals surface area contributed by atoms with Crippen LogP contribution in [0.25, 0.3) is 0 Å². The average molecular weight is 420 g/mol. The van der Waals surface area contributed by atoms with Gasteiger partial charge in [0.05, 0.1) is 17.8 Å². The van der Waals surface area contributed by atoms with Gasteiger partial charge in [-0.25, -0.2) is 0 Å². The number of hydrogen-bond donors (Lipinski definition) is 3. The van der Waals surface area contributed by atoms with Gasteiger partial charge in [-0.1, -0.05) is 23.8 Å². The Morgan fingerprint density at radius 1 is 1.13 bits per heavy atom. The van der Waals surface area contributed by atoms with Crippen molar-refractivity contribution >= 4 is 28.9 Å². The minimum Gasteiger partial charge on any atom is -0.361 e. The number of anilines is 1. The monoisotopic (exact) mass is 419 g/mol. The number of aromatic amines is 1. The van der Waals surface area contributed by atoms with Gasteiger partial charge in [-0.3, -0.25) is 9.78 Å². The first kappa shape index (κ1) is 20.1. The number of nitrogens with one attached hydrogen (secondary N) is 3. The third-order valence-corrected chi connectivity index (χ3v) is 5.64. The van der Waals surface area contributed by atoms with Crippen LogP contribution >= 0.6 is 12.2 Å². The van der Waals surface area contributed by atoms with Gasteiger partial charge < -0.3 is 20.5 Å². The highest BCUT2D eigenvalue weighted by molar-refractivity contribution is 7.80. The Balaban J connectivity index is 1.51. The highest BCUT2D eigenvalue weighted by Gasteiger charge is 2.40. The van der Waals surface area contributed by atoms with Gasteiger partial charge in [0.15, 0.2) is 5.11 Å². The summed E-state index contributed by atoms with van der Waals surface area (Å²) >= 11 is 5.64. The predicted molar refractivity (Wildman–Crippen MR) is 122 cm³/mol. The van der Waals surface area contributed by atoms with E-state index in [1.807, 2.05) is 56.3 Å². The van der Waals surface area contributed by atoms with Crippen molar-refractivity contribution in [2.45, 2.75) is 32.4 Å². The maximum absolute atomic E-state index is 12.5. The Morgan fingerprint density at radius 2 is 1.93 bits per heavy atom. The van der Waals surface area contributed by atoms with Crippen LogP contribution in [-0.4, -0.2) is 32.4 Å². The number of benzene rings is 1. The highest BCUT2D eigenvalue weighted by atomic mass is 32.1. The van der Waals surface area contributed by atoms with Crippen molar-refractivity contribution in [3.63, 3.8) is 0 Å². The molecule has 0 unspecified atom stereocenters. The van der Waals surface area contributed by atoms with Gasteiger partial charge in [0.1, 0.15) is 0 Å². The number of thiocarbonyl (C=S) groups is 1. The van der Waals surface area contributed by atoms with Crippen molar-refractivity contribution < 1.29 is 4.79 Å². The van der Waals surface area contributed by atoms with Gasteiger partial charge in [0.25, 0.3) is 0 Å². The molecule has 0 saturated carbocycles. The molecule has 0 aliphatic carbocycles. The zero-order chi connectivity index (χ0) is 21.1. The minimum absolute atomic E-state index is 0.0376. The van der Waals surface area contributed by atoms with Gasteiger partial charge in [-0.15, -0.1) is 0 Å². The number of carbonyl (C=O) groups is 1. The highest BCUT2D eigenvalue weighted by Crippen LogP contribution is 2.38. The fourth-order valence-electron chi connectivity index (χ4n) is 3.77. The molecule has 1 aliphatic heterocycles. The van der Waals surface area contributed by atoms with Crippen molar-refractivity contribution in [2.75, 3.05) is 11.9 Å². The van der Waals surface area contributed by atoms with Gasteiger partial charge in [0, 0.05) is 36.2 Å². The Kier molecular flexibility index (Phi) is 5.81. The lowest BCUT2D eigenvalue weighted by atomic mass is 10.0. The fourth-order valence-corrected chi connectivity index (χ4v) is 4.10. The number of rotatable bonds is 6. The van der Waals surface area contributed by atoms with E-state index in [9.17, 15) is 4.79 Å². The molecule has 0 bridgehead atoms. The van der Waals surface area contributed by atoms with Gasteiger partial charge in [-0.05, 0) is 62.5 Å². The second-order valence-corrected chi connectivity index (χ2v) is 7.97. The van der Waals surface area contributed by atoms with E-state index in [1.165, 1.54) is 0 Å². The van der Waals surface area contributed by atoms with Gasteiger partial charge in [0.2, 0.25) is 5.91 Å². The number of H-pyrrole nitrogens is 1. The van der Waals surface area contributed by atoms with Crippen LogP contribution in [0.3, 0.4) is 0 Å². The van der Waals surface area contributed by atoms with Crippen LogP contribution in [0.2, 0.25) is 0 Å². The van der Waals surface area contributed by atoms with E-state index in [2.05, 4.69) is 37.6 Å². The standard InChI is InChI=1S/C23H25N5OS/c1-15-6-9-17(10-7-15)26-20(29)12-14-28-22(19-11-8-16(2)25-19)21(27-23(28)30)18-5-3-4-13-24-18/h3-11,13,21-22,25H,12,14H2,1-2H3,(H,26,29)(H,27,30)/t21-,22+/m1/s1. The molecule has 3 aromatic rings. The number of carbonyl (C=O) groups excluding carboxylic acids is 1. The van der Waals surface area contributed by atoms with Gasteiger partial charge >= 0.3 is 0 Å². The topological polar surface area (TPSA) is 73.1 Å².